The molecule has 3 N–H and O–H groups in total. The van der Waals surface area contributed by atoms with Crippen LogP contribution in [0.2, 0.25) is 0 Å². The van der Waals surface area contributed by atoms with Gasteiger partial charge in [-0.1, -0.05) is 6.07 Å². The van der Waals surface area contributed by atoms with Crippen molar-refractivity contribution in [3.05, 3.63) is 30.1 Å². The molecule has 2 atom stereocenters. The van der Waals surface area contributed by atoms with Crippen LogP contribution in [0.4, 0.5) is 0 Å². The highest BCUT2D eigenvalue weighted by atomic mass is 16.3. The first kappa shape index (κ1) is 8.66. The number of nitrogens with zero attached hydrogens (tertiary/aromatic N) is 1. The SMILES string of the molecule is NC[C@@H]1CC[C@@]1(O)c1ccccn1. The van der Waals surface area contributed by atoms with Crippen LogP contribution in [0.3, 0.4) is 0 Å². The van der Waals surface area contributed by atoms with Gasteiger partial charge in [-0.3, -0.25) is 4.98 Å². The number of pyridine rings is 1. The van der Waals surface area contributed by atoms with Gasteiger partial charge < -0.3 is 10.8 Å². The minimum atomic E-state index is -0.754. The van der Waals surface area contributed by atoms with Gasteiger partial charge in [-0.2, -0.15) is 0 Å². The third-order valence-electron chi connectivity index (χ3n) is 2.94. The smallest absolute Gasteiger partial charge is 0.110 e. The molecule has 1 saturated carbocycles. The molecule has 1 aliphatic carbocycles. The monoisotopic (exact) mass is 178 g/mol. The second-order valence-corrected chi connectivity index (χ2v) is 3.61. The standard InChI is InChI=1S/C10H14N2O/c11-7-8-4-5-10(8,13)9-3-1-2-6-12-9/h1-3,6,8,13H,4-5,7,11H2/t8-,10-/m0/s1. The highest BCUT2D eigenvalue weighted by Gasteiger charge is 2.46. The molecule has 0 spiro atoms. The fraction of sp³-hybridized carbons (Fsp3) is 0.500. The molecule has 70 valence electrons. The van der Waals surface area contributed by atoms with Gasteiger partial charge in [-0.25, -0.2) is 0 Å². The summed E-state index contributed by atoms with van der Waals surface area (Å²) in [5.74, 6) is 0.183. The van der Waals surface area contributed by atoms with Crippen molar-refractivity contribution >= 4 is 0 Å². The van der Waals surface area contributed by atoms with E-state index in [0.717, 1.165) is 18.5 Å². The summed E-state index contributed by atoms with van der Waals surface area (Å²) in [5, 5.41) is 10.2. The zero-order chi connectivity index (χ0) is 9.31. The van der Waals surface area contributed by atoms with Crippen molar-refractivity contribution in [2.24, 2.45) is 11.7 Å². The van der Waals surface area contributed by atoms with Crippen molar-refractivity contribution in [3.63, 3.8) is 0 Å². The van der Waals surface area contributed by atoms with E-state index in [1.54, 1.807) is 6.20 Å². The average molecular weight is 178 g/mol. The maximum absolute atomic E-state index is 10.2. The lowest BCUT2D eigenvalue weighted by molar-refractivity contribution is -0.100. The number of aromatic nitrogens is 1. The molecular formula is C10H14N2O. The van der Waals surface area contributed by atoms with Crippen LogP contribution in [0, 0.1) is 5.92 Å². The summed E-state index contributed by atoms with van der Waals surface area (Å²) in [6, 6.07) is 5.61. The minimum absolute atomic E-state index is 0.183. The molecule has 2 rings (SSSR count). The van der Waals surface area contributed by atoms with Gasteiger partial charge >= 0.3 is 0 Å². The summed E-state index contributed by atoms with van der Waals surface area (Å²) in [4.78, 5) is 4.17. The molecule has 0 radical (unpaired) electrons. The Kier molecular flexibility index (Phi) is 2.06. The Morgan fingerprint density at radius 1 is 1.62 bits per heavy atom. The highest BCUT2D eigenvalue weighted by molar-refractivity contribution is 5.18. The zero-order valence-electron chi connectivity index (χ0n) is 7.48. The summed E-state index contributed by atoms with van der Waals surface area (Å²) in [5.41, 5.74) is 5.57. The third-order valence-corrected chi connectivity index (χ3v) is 2.94. The van der Waals surface area contributed by atoms with Crippen molar-refractivity contribution in [2.75, 3.05) is 6.54 Å². The summed E-state index contributed by atoms with van der Waals surface area (Å²) in [6.07, 6.45) is 3.49. The summed E-state index contributed by atoms with van der Waals surface area (Å²) in [7, 11) is 0. The van der Waals surface area contributed by atoms with Gasteiger partial charge in [0, 0.05) is 12.1 Å². The Bertz CT molecular complexity index is 286. The molecule has 1 aromatic rings. The van der Waals surface area contributed by atoms with Gasteiger partial charge in [0.25, 0.3) is 0 Å². The Morgan fingerprint density at radius 3 is 2.92 bits per heavy atom. The first-order chi connectivity index (χ1) is 6.27. The van der Waals surface area contributed by atoms with E-state index in [0.29, 0.717) is 6.54 Å². The van der Waals surface area contributed by atoms with Gasteiger partial charge in [0.1, 0.15) is 5.60 Å². The van der Waals surface area contributed by atoms with Crippen molar-refractivity contribution < 1.29 is 5.11 Å². The van der Waals surface area contributed by atoms with Crippen molar-refractivity contribution in [1.29, 1.82) is 0 Å². The minimum Gasteiger partial charge on any atom is -0.383 e. The molecule has 13 heavy (non-hydrogen) atoms. The molecular weight excluding hydrogens is 164 g/mol. The van der Waals surface area contributed by atoms with E-state index in [4.69, 9.17) is 5.73 Å². The van der Waals surface area contributed by atoms with E-state index in [-0.39, 0.29) is 5.92 Å². The number of hydrogen-bond donors (Lipinski definition) is 2. The maximum atomic E-state index is 10.2. The lowest BCUT2D eigenvalue weighted by atomic mass is 9.67. The first-order valence-electron chi connectivity index (χ1n) is 4.61. The molecule has 0 aliphatic heterocycles. The lowest BCUT2D eigenvalue weighted by Crippen LogP contribution is -2.48. The largest absolute Gasteiger partial charge is 0.383 e. The Morgan fingerprint density at radius 2 is 2.46 bits per heavy atom. The number of aliphatic hydroxyl groups is 1. The van der Waals surface area contributed by atoms with E-state index >= 15 is 0 Å². The molecule has 0 bridgehead atoms. The molecule has 1 heterocycles. The van der Waals surface area contributed by atoms with E-state index in [9.17, 15) is 5.11 Å². The van der Waals surface area contributed by atoms with Crippen LogP contribution in [0.1, 0.15) is 18.5 Å². The van der Waals surface area contributed by atoms with E-state index in [1.165, 1.54) is 0 Å². The van der Waals surface area contributed by atoms with Gasteiger partial charge in [-0.15, -0.1) is 0 Å². The van der Waals surface area contributed by atoms with Crippen molar-refractivity contribution in [1.82, 2.24) is 4.98 Å². The quantitative estimate of drug-likeness (QED) is 0.698. The second-order valence-electron chi connectivity index (χ2n) is 3.61. The molecule has 1 fully saturated rings. The summed E-state index contributed by atoms with van der Waals surface area (Å²) >= 11 is 0. The first-order valence-corrected chi connectivity index (χ1v) is 4.61. The third kappa shape index (κ3) is 1.24. The Hall–Kier alpha value is -0.930. The Balaban J connectivity index is 2.26. The normalized spacial score (nSPS) is 32.6. The molecule has 0 amide bonds. The maximum Gasteiger partial charge on any atom is 0.110 e. The number of rotatable bonds is 2. The van der Waals surface area contributed by atoms with E-state index in [2.05, 4.69) is 4.98 Å². The van der Waals surface area contributed by atoms with Crippen LogP contribution in [0.15, 0.2) is 24.4 Å². The zero-order valence-corrected chi connectivity index (χ0v) is 7.48. The van der Waals surface area contributed by atoms with E-state index < -0.39 is 5.60 Å². The molecule has 0 unspecified atom stereocenters. The lowest BCUT2D eigenvalue weighted by Gasteiger charge is -2.44. The molecule has 3 heteroatoms. The van der Waals surface area contributed by atoms with Gasteiger partial charge in [-0.05, 0) is 31.5 Å². The molecule has 0 aromatic carbocycles. The molecule has 0 saturated heterocycles. The highest BCUT2D eigenvalue weighted by Crippen LogP contribution is 2.44. The average Bonchev–Trinajstić information content (AvgIpc) is 2.17. The fourth-order valence-corrected chi connectivity index (χ4v) is 1.89. The number of nitrogens with two attached hydrogens (primary N) is 1. The van der Waals surface area contributed by atoms with Crippen molar-refractivity contribution in [3.8, 4) is 0 Å². The summed E-state index contributed by atoms with van der Waals surface area (Å²) in [6.45, 7) is 0.535. The van der Waals surface area contributed by atoms with E-state index in [1.807, 2.05) is 18.2 Å². The molecule has 3 nitrogen and oxygen atoms in total. The second kappa shape index (κ2) is 3.09. The number of hydrogen-bond acceptors (Lipinski definition) is 3. The molecule has 1 aromatic heterocycles. The van der Waals surface area contributed by atoms with Crippen LogP contribution in [0.5, 0.6) is 0 Å². The van der Waals surface area contributed by atoms with Crippen LogP contribution in [-0.4, -0.2) is 16.6 Å². The van der Waals surface area contributed by atoms with Crippen LogP contribution >= 0.6 is 0 Å². The fourth-order valence-electron chi connectivity index (χ4n) is 1.89. The molecule has 1 aliphatic rings. The van der Waals surface area contributed by atoms with Gasteiger partial charge in [0.2, 0.25) is 0 Å². The van der Waals surface area contributed by atoms with Crippen LogP contribution < -0.4 is 5.73 Å². The van der Waals surface area contributed by atoms with Crippen LogP contribution in [0.25, 0.3) is 0 Å². The predicted octanol–water partition coefficient (Wildman–Crippen LogP) is 0.638. The topological polar surface area (TPSA) is 59.1 Å². The van der Waals surface area contributed by atoms with Gasteiger partial charge in [0.05, 0.1) is 5.69 Å². The Labute approximate surface area is 77.6 Å². The van der Waals surface area contributed by atoms with Crippen molar-refractivity contribution in [2.45, 2.75) is 18.4 Å². The predicted molar refractivity (Wildman–Crippen MR) is 49.9 cm³/mol. The summed E-state index contributed by atoms with van der Waals surface area (Å²) < 4.78 is 0. The van der Waals surface area contributed by atoms with Crippen LogP contribution in [-0.2, 0) is 5.60 Å². The van der Waals surface area contributed by atoms with Gasteiger partial charge in [0.15, 0.2) is 0 Å².